The van der Waals surface area contributed by atoms with Crippen LogP contribution in [0.5, 0.6) is 0 Å². The minimum atomic E-state index is 0.258. The predicted octanol–water partition coefficient (Wildman–Crippen LogP) is 4.42. The summed E-state index contributed by atoms with van der Waals surface area (Å²) in [6.07, 6.45) is 5.23. The Morgan fingerprint density at radius 3 is 2.62 bits per heavy atom. The smallest absolute Gasteiger partial charge is 0.156 e. The molecule has 1 unspecified atom stereocenters. The normalized spacial score (nSPS) is 13.1. The van der Waals surface area contributed by atoms with Gasteiger partial charge in [0.05, 0.1) is 12.2 Å². The van der Waals surface area contributed by atoms with Gasteiger partial charge in [-0.05, 0) is 37.0 Å². The van der Waals surface area contributed by atoms with Gasteiger partial charge >= 0.3 is 0 Å². The molecule has 8 heteroatoms. The number of aromatic nitrogens is 4. The summed E-state index contributed by atoms with van der Waals surface area (Å²) in [5.41, 5.74) is 10.3. The summed E-state index contributed by atoms with van der Waals surface area (Å²) in [7, 11) is 0. The van der Waals surface area contributed by atoms with Crippen molar-refractivity contribution in [1.82, 2.24) is 19.9 Å². The zero-order valence-corrected chi connectivity index (χ0v) is 18.7. The fraction of sp³-hybridized carbons (Fsp3) is 0.333. The van der Waals surface area contributed by atoms with Gasteiger partial charge in [-0.2, -0.15) is 0 Å². The van der Waals surface area contributed by atoms with Crippen molar-refractivity contribution in [2.75, 3.05) is 23.7 Å². The first kappa shape index (κ1) is 21.7. The van der Waals surface area contributed by atoms with E-state index in [1.54, 1.807) is 6.33 Å². The Hall–Kier alpha value is -3.52. The molecule has 4 aromatic heterocycles. The molecule has 4 heterocycles. The van der Waals surface area contributed by atoms with E-state index in [-0.39, 0.29) is 5.92 Å². The Labute approximate surface area is 187 Å². The number of pyridine rings is 2. The zero-order chi connectivity index (χ0) is 22.5. The summed E-state index contributed by atoms with van der Waals surface area (Å²) in [6.45, 7) is 8.41. The molecule has 0 radical (unpaired) electrons. The number of hydrogen-bond donors (Lipinski definition) is 3. The highest BCUT2D eigenvalue weighted by Gasteiger charge is 2.20. The Morgan fingerprint density at radius 1 is 1.00 bits per heavy atom. The van der Waals surface area contributed by atoms with E-state index in [0.29, 0.717) is 12.5 Å². The molecule has 0 saturated heterocycles. The van der Waals surface area contributed by atoms with Crippen LogP contribution in [-0.2, 0) is 6.54 Å². The topological polar surface area (TPSA) is 115 Å². The van der Waals surface area contributed by atoms with Gasteiger partial charge in [-0.1, -0.05) is 13.8 Å². The first-order valence-corrected chi connectivity index (χ1v) is 10.9. The van der Waals surface area contributed by atoms with E-state index < -0.39 is 0 Å². The van der Waals surface area contributed by atoms with Crippen LogP contribution in [0.3, 0.4) is 0 Å². The van der Waals surface area contributed by atoms with Gasteiger partial charge in [0.1, 0.15) is 29.2 Å². The average molecular weight is 432 g/mol. The zero-order valence-electron chi connectivity index (χ0n) is 18.7. The second-order valence-corrected chi connectivity index (χ2v) is 7.93. The standard InChI is InChI=1S/C24H29N7O/c1-4-26-22-6-5-17(13-29-22)20-10-23(31-14-30-20)28-12-15(2)16(3)19-7-8-27-21-9-18(11-25)32-24(19)21/h5-10,13-16H,4,11-12,25H2,1-3H3,(H,26,29)(H,28,30,31)/t15-,16?/m1/s1. The summed E-state index contributed by atoms with van der Waals surface area (Å²) in [4.78, 5) is 17.6. The number of anilines is 2. The molecular formula is C24H29N7O. The second-order valence-electron chi connectivity index (χ2n) is 7.93. The molecule has 0 aliphatic rings. The van der Waals surface area contributed by atoms with Crippen LogP contribution < -0.4 is 16.4 Å². The number of hydrogen-bond acceptors (Lipinski definition) is 8. The van der Waals surface area contributed by atoms with Crippen LogP contribution in [0.2, 0.25) is 0 Å². The minimum absolute atomic E-state index is 0.258. The highest BCUT2D eigenvalue weighted by molar-refractivity contribution is 5.77. The molecule has 0 aromatic carbocycles. The van der Waals surface area contributed by atoms with Crippen molar-refractivity contribution in [1.29, 1.82) is 0 Å². The van der Waals surface area contributed by atoms with Gasteiger partial charge in [0, 0.05) is 48.7 Å². The minimum Gasteiger partial charge on any atom is -0.458 e. The molecule has 0 bridgehead atoms. The van der Waals surface area contributed by atoms with Crippen LogP contribution in [0, 0.1) is 5.92 Å². The molecule has 0 aliphatic heterocycles. The molecule has 0 saturated carbocycles. The Balaban J connectivity index is 1.44. The molecule has 8 nitrogen and oxygen atoms in total. The van der Waals surface area contributed by atoms with E-state index in [2.05, 4.69) is 44.4 Å². The lowest BCUT2D eigenvalue weighted by Crippen LogP contribution is -2.18. The number of fused-ring (bicyclic) bond motifs is 1. The maximum absolute atomic E-state index is 5.93. The lowest BCUT2D eigenvalue weighted by Gasteiger charge is -2.21. The number of rotatable bonds is 9. The quantitative estimate of drug-likeness (QED) is 0.357. The van der Waals surface area contributed by atoms with Gasteiger partial charge in [-0.15, -0.1) is 0 Å². The lowest BCUT2D eigenvalue weighted by molar-refractivity contribution is 0.497. The fourth-order valence-corrected chi connectivity index (χ4v) is 3.66. The molecule has 4 aromatic rings. The van der Waals surface area contributed by atoms with Crippen molar-refractivity contribution >= 4 is 22.7 Å². The number of nitrogens with one attached hydrogen (secondary N) is 2. The van der Waals surface area contributed by atoms with Gasteiger partial charge in [0.15, 0.2) is 5.58 Å². The molecule has 0 amide bonds. The molecule has 0 spiro atoms. The Bertz CT molecular complexity index is 1170. The van der Waals surface area contributed by atoms with Crippen LogP contribution >= 0.6 is 0 Å². The molecule has 2 atom stereocenters. The van der Waals surface area contributed by atoms with Gasteiger partial charge in [0.2, 0.25) is 0 Å². The third kappa shape index (κ3) is 4.70. The first-order valence-electron chi connectivity index (χ1n) is 10.9. The predicted molar refractivity (Wildman–Crippen MR) is 127 cm³/mol. The molecule has 4 rings (SSSR count). The van der Waals surface area contributed by atoms with Crippen LogP contribution in [-0.4, -0.2) is 33.0 Å². The van der Waals surface area contributed by atoms with Crippen molar-refractivity contribution in [2.45, 2.75) is 33.2 Å². The van der Waals surface area contributed by atoms with Gasteiger partial charge in [-0.25, -0.2) is 15.0 Å². The highest BCUT2D eigenvalue weighted by Crippen LogP contribution is 2.31. The molecule has 32 heavy (non-hydrogen) atoms. The van der Waals surface area contributed by atoms with E-state index in [1.807, 2.05) is 49.6 Å². The van der Waals surface area contributed by atoms with Crippen LogP contribution in [0.1, 0.15) is 38.0 Å². The largest absolute Gasteiger partial charge is 0.458 e. The van der Waals surface area contributed by atoms with E-state index in [4.69, 9.17) is 10.2 Å². The average Bonchev–Trinajstić information content (AvgIpc) is 3.26. The van der Waals surface area contributed by atoms with Gasteiger partial charge in [0.25, 0.3) is 0 Å². The SMILES string of the molecule is CCNc1ccc(-c2cc(NC[C@@H](C)C(C)c3ccnc4cc(CN)oc34)ncn2)cn1. The maximum Gasteiger partial charge on any atom is 0.156 e. The molecule has 0 fully saturated rings. The number of furan rings is 1. The van der Waals surface area contributed by atoms with Crippen molar-refractivity contribution in [3.63, 3.8) is 0 Å². The molecule has 166 valence electrons. The van der Waals surface area contributed by atoms with E-state index >= 15 is 0 Å². The maximum atomic E-state index is 5.93. The summed E-state index contributed by atoms with van der Waals surface area (Å²) >= 11 is 0. The number of nitrogens with zero attached hydrogens (tertiary/aromatic N) is 4. The third-order valence-electron chi connectivity index (χ3n) is 5.73. The van der Waals surface area contributed by atoms with Crippen LogP contribution in [0.4, 0.5) is 11.6 Å². The van der Waals surface area contributed by atoms with Crippen molar-refractivity contribution < 1.29 is 4.42 Å². The number of nitrogens with two attached hydrogens (primary N) is 1. The second kappa shape index (κ2) is 9.74. The summed E-state index contributed by atoms with van der Waals surface area (Å²) in [5.74, 6) is 2.97. The summed E-state index contributed by atoms with van der Waals surface area (Å²) in [5, 5.41) is 6.65. The highest BCUT2D eigenvalue weighted by atomic mass is 16.3. The third-order valence-corrected chi connectivity index (χ3v) is 5.73. The molecular weight excluding hydrogens is 402 g/mol. The Kier molecular flexibility index (Phi) is 6.61. The van der Waals surface area contributed by atoms with Crippen LogP contribution in [0.25, 0.3) is 22.4 Å². The van der Waals surface area contributed by atoms with Gasteiger partial charge < -0.3 is 20.8 Å². The summed E-state index contributed by atoms with van der Waals surface area (Å²) < 4.78 is 5.93. The van der Waals surface area contributed by atoms with Crippen molar-refractivity contribution in [3.8, 4) is 11.3 Å². The molecule has 4 N–H and O–H groups in total. The van der Waals surface area contributed by atoms with E-state index in [0.717, 1.165) is 58.4 Å². The van der Waals surface area contributed by atoms with E-state index in [1.165, 1.54) is 0 Å². The first-order chi connectivity index (χ1) is 15.6. The van der Waals surface area contributed by atoms with Gasteiger partial charge in [-0.3, -0.25) is 4.98 Å². The fourth-order valence-electron chi connectivity index (χ4n) is 3.66. The molecule has 0 aliphatic carbocycles. The van der Waals surface area contributed by atoms with Crippen LogP contribution in [0.15, 0.2) is 53.5 Å². The van der Waals surface area contributed by atoms with Crippen molar-refractivity contribution in [3.05, 3.63) is 60.4 Å². The monoisotopic (exact) mass is 431 g/mol. The van der Waals surface area contributed by atoms with Crippen molar-refractivity contribution in [2.24, 2.45) is 11.7 Å². The lowest BCUT2D eigenvalue weighted by atomic mass is 9.89. The Morgan fingerprint density at radius 2 is 1.88 bits per heavy atom. The summed E-state index contributed by atoms with van der Waals surface area (Å²) in [6, 6.07) is 9.86. The van der Waals surface area contributed by atoms with E-state index in [9.17, 15) is 0 Å².